The van der Waals surface area contributed by atoms with Gasteiger partial charge in [-0.2, -0.15) is 0 Å². The van der Waals surface area contributed by atoms with Gasteiger partial charge in [-0.15, -0.1) is 0 Å². The monoisotopic (exact) mass is 175 g/mol. The van der Waals surface area contributed by atoms with Crippen LogP contribution in [0.3, 0.4) is 0 Å². The molecule has 0 aliphatic heterocycles. The van der Waals surface area contributed by atoms with E-state index in [1.54, 1.807) is 0 Å². The molecule has 2 atom stereocenters. The van der Waals surface area contributed by atoms with Crippen molar-refractivity contribution in [2.45, 2.75) is 45.3 Å². The lowest BCUT2D eigenvalue weighted by Crippen LogP contribution is -2.40. The smallest absolute Gasteiger partial charge is 0.193 e. The Labute approximate surface area is 71.8 Å². The van der Waals surface area contributed by atoms with E-state index in [9.17, 15) is 0 Å². The molecule has 0 aliphatic carbocycles. The summed E-state index contributed by atoms with van der Waals surface area (Å²) in [6, 6.07) is 1.23. The second-order valence-electron chi connectivity index (χ2n) is 2.85. The summed E-state index contributed by atoms with van der Waals surface area (Å²) in [5, 5.41) is 0. The van der Waals surface area contributed by atoms with Crippen molar-refractivity contribution in [1.29, 1.82) is 0 Å². The van der Waals surface area contributed by atoms with Crippen molar-refractivity contribution in [3.05, 3.63) is 0 Å². The average molecular weight is 175 g/mol. The quantitative estimate of drug-likeness (QED) is 0.620. The molecule has 0 amide bonds. The van der Waals surface area contributed by atoms with Gasteiger partial charge in [0.2, 0.25) is 0 Å². The first kappa shape index (κ1) is 11.1. The molecule has 0 heterocycles. The third-order valence-electron chi connectivity index (χ3n) is 1.90. The fourth-order valence-electron chi connectivity index (χ4n) is 1.18. The molecule has 0 aromatic rings. The zero-order chi connectivity index (χ0) is 8.69. The van der Waals surface area contributed by atoms with Crippen LogP contribution in [0, 0.1) is 0 Å². The van der Waals surface area contributed by atoms with Crippen LogP contribution in [-0.4, -0.2) is 21.3 Å². The van der Waals surface area contributed by atoms with Crippen molar-refractivity contribution in [2.24, 2.45) is 5.73 Å². The van der Waals surface area contributed by atoms with Crippen molar-refractivity contribution in [3.63, 3.8) is 0 Å². The number of hydrogen-bond acceptors (Lipinski definition) is 2. The average Bonchev–Trinajstić information content (AvgIpc) is 2.03. The van der Waals surface area contributed by atoms with Crippen LogP contribution in [0.25, 0.3) is 0 Å². The van der Waals surface area contributed by atoms with Gasteiger partial charge >= 0.3 is 0 Å². The van der Waals surface area contributed by atoms with Gasteiger partial charge in [0.15, 0.2) is 9.04 Å². The summed E-state index contributed by atoms with van der Waals surface area (Å²) in [6.07, 6.45) is 2.28. The minimum atomic E-state index is -1.05. The maximum absolute atomic E-state index is 5.93. The first-order valence-corrected chi connectivity index (χ1v) is 6.58. The van der Waals surface area contributed by atoms with Gasteiger partial charge in [0.1, 0.15) is 0 Å². The second kappa shape index (κ2) is 6.82. The Morgan fingerprint density at radius 3 is 2.36 bits per heavy atom. The van der Waals surface area contributed by atoms with Crippen LogP contribution >= 0.6 is 0 Å². The van der Waals surface area contributed by atoms with Crippen LogP contribution in [0.15, 0.2) is 0 Å². The van der Waals surface area contributed by atoms with Gasteiger partial charge < -0.3 is 10.2 Å². The molecule has 0 aromatic carbocycles. The first-order chi connectivity index (χ1) is 5.26. The second-order valence-corrected chi connectivity index (χ2v) is 5.70. The van der Waals surface area contributed by atoms with Gasteiger partial charge in [0.05, 0.1) is 0 Å². The number of hydrogen-bond donors (Lipinski definition) is 1. The van der Waals surface area contributed by atoms with E-state index in [1.165, 1.54) is 12.5 Å². The zero-order valence-corrected chi connectivity index (χ0v) is 9.12. The molecular formula is C8H21NOSi. The molecule has 0 fully saturated rings. The van der Waals surface area contributed by atoms with E-state index >= 15 is 0 Å². The third kappa shape index (κ3) is 4.56. The maximum atomic E-state index is 5.93. The molecule has 3 heteroatoms. The Balaban J connectivity index is 3.66. The van der Waals surface area contributed by atoms with E-state index < -0.39 is 9.04 Å². The zero-order valence-electron chi connectivity index (χ0n) is 7.97. The summed E-state index contributed by atoms with van der Waals surface area (Å²) < 4.78 is 5.65. The molecule has 2 nitrogen and oxygen atoms in total. The minimum Gasteiger partial charge on any atom is -0.419 e. The molecule has 0 saturated heterocycles. The van der Waals surface area contributed by atoms with Gasteiger partial charge in [-0.1, -0.05) is 20.3 Å². The molecule has 11 heavy (non-hydrogen) atoms. The van der Waals surface area contributed by atoms with Crippen molar-refractivity contribution in [1.82, 2.24) is 0 Å². The Bertz CT molecular complexity index is 84.2. The molecule has 2 unspecified atom stereocenters. The first-order valence-electron chi connectivity index (χ1n) is 4.63. The molecule has 0 aliphatic rings. The van der Waals surface area contributed by atoms with Gasteiger partial charge in [0.25, 0.3) is 0 Å². The Morgan fingerprint density at radius 1 is 1.36 bits per heavy atom. The predicted octanol–water partition coefficient (Wildman–Crippen LogP) is 1.43. The van der Waals surface area contributed by atoms with Crippen LogP contribution < -0.4 is 5.73 Å². The lowest BCUT2D eigenvalue weighted by atomic mass is 10.5. The van der Waals surface area contributed by atoms with E-state index in [2.05, 4.69) is 20.8 Å². The highest BCUT2D eigenvalue weighted by atomic mass is 28.3. The predicted molar refractivity (Wildman–Crippen MR) is 52.1 cm³/mol. The topological polar surface area (TPSA) is 35.2 Å². The largest absolute Gasteiger partial charge is 0.419 e. The number of nitrogens with two attached hydrogens (primary N) is 1. The molecule has 0 spiro atoms. The lowest BCUT2D eigenvalue weighted by molar-refractivity contribution is 0.331. The van der Waals surface area contributed by atoms with E-state index in [-0.39, 0.29) is 0 Å². The molecule has 2 N–H and O–H groups in total. The summed E-state index contributed by atoms with van der Waals surface area (Å²) in [5.41, 5.74) is 6.28. The Morgan fingerprint density at radius 2 is 2.00 bits per heavy atom. The van der Waals surface area contributed by atoms with Crippen molar-refractivity contribution in [2.75, 3.05) is 6.61 Å². The standard InChI is InChI=1S/C8H21NOSi/c1-4-7-11(10-6-3)8(9)5-2/h8,11H,4-7,9H2,1-3H3. The normalized spacial score (nSPS) is 16.4. The SMILES string of the molecule is CCC[SiH](OCC)C(N)CC. The highest BCUT2D eigenvalue weighted by Crippen LogP contribution is 2.04. The molecule has 0 bridgehead atoms. The Kier molecular flexibility index (Phi) is 6.91. The molecular weight excluding hydrogens is 154 g/mol. The maximum Gasteiger partial charge on any atom is 0.193 e. The fourth-order valence-corrected chi connectivity index (χ4v) is 3.55. The highest BCUT2D eigenvalue weighted by Gasteiger charge is 2.17. The fraction of sp³-hybridized carbons (Fsp3) is 1.00. The molecule has 0 aromatic heterocycles. The van der Waals surface area contributed by atoms with Gasteiger partial charge in [-0.05, 0) is 19.4 Å². The molecule has 0 saturated carbocycles. The third-order valence-corrected chi connectivity index (χ3v) is 5.24. The summed E-state index contributed by atoms with van der Waals surface area (Å²) in [4.78, 5) is 0. The summed E-state index contributed by atoms with van der Waals surface area (Å²) in [7, 11) is -1.05. The highest BCUT2D eigenvalue weighted by molar-refractivity contribution is 6.53. The van der Waals surface area contributed by atoms with Gasteiger partial charge in [0, 0.05) is 12.3 Å². The van der Waals surface area contributed by atoms with E-state index in [0.717, 1.165) is 13.0 Å². The lowest BCUT2D eigenvalue weighted by Gasteiger charge is -2.19. The number of rotatable bonds is 6. The van der Waals surface area contributed by atoms with Crippen LogP contribution in [-0.2, 0) is 4.43 Å². The van der Waals surface area contributed by atoms with E-state index in [0.29, 0.717) is 5.67 Å². The Hall–Kier alpha value is 0.137. The van der Waals surface area contributed by atoms with Crippen LogP contribution in [0.2, 0.25) is 6.04 Å². The molecule has 0 radical (unpaired) electrons. The van der Waals surface area contributed by atoms with Gasteiger partial charge in [-0.25, -0.2) is 0 Å². The van der Waals surface area contributed by atoms with E-state index in [1.807, 2.05) is 0 Å². The summed E-state index contributed by atoms with van der Waals surface area (Å²) >= 11 is 0. The van der Waals surface area contributed by atoms with Crippen molar-refractivity contribution in [3.8, 4) is 0 Å². The van der Waals surface area contributed by atoms with Crippen LogP contribution in [0.4, 0.5) is 0 Å². The minimum absolute atomic E-state index is 0.356. The molecule has 0 rings (SSSR count). The van der Waals surface area contributed by atoms with Crippen LogP contribution in [0.1, 0.15) is 33.6 Å². The van der Waals surface area contributed by atoms with Crippen molar-refractivity contribution < 1.29 is 4.43 Å². The van der Waals surface area contributed by atoms with Gasteiger partial charge in [-0.3, -0.25) is 0 Å². The summed E-state index contributed by atoms with van der Waals surface area (Å²) in [6.45, 7) is 7.23. The van der Waals surface area contributed by atoms with Crippen LogP contribution in [0.5, 0.6) is 0 Å². The van der Waals surface area contributed by atoms with Crippen molar-refractivity contribution >= 4 is 9.04 Å². The van der Waals surface area contributed by atoms with E-state index in [4.69, 9.17) is 10.2 Å². The summed E-state index contributed by atoms with van der Waals surface area (Å²) in [5.74, 6) is 0. The molecule has 68 valence electrons.